The van der Waals surface area contributed by atoms with Crippen LogP contribution in [0.1, 0.15) is 43.7 Å². The molecule has 8 nitrogen and oxygen atoms in total. The van der Waals surface area contributed by atoms with Crippen molar-refractivity contribution in [1.82, 2.24) is 0 Å². The largest absolute Gasteiger partial charge is 0.486 e. The summed E-state index contributed by atoms with van der Waals surface area (Å²) < 4.78 is 16.8. The number of benzene rings is 2. The molecule has 0 unspecified atom stereocenters. The first-order valence-electron chi connectivity index (χ1n) is 11.7. The molecule has 0 aromatic heterocycles. The molecule has 0 atom stereocenters. The molecule has 0 radical (unpaired) electrons. The highest BCUT2D eigenvalue weighted by atomic mass is 16.6. The van der Waals surface area contributed by atoms with E-state index in [0.29, 0.717) is 49.8 Å². The molecule has 8 heteroatoms. The van der Waals surface area contributed by atoms with Gasteiger partial charge >= 0.3 is 5.97 Å². The van der Waals surface area contributed by atoms with Crippen LogP contribution in [0.2, 0.25) is 0 Å². The Labute approximate surface area is 198 Å². The molecule has 0 saturated heterocycles. The minimum absolute atomic E-state index is 0.00121. The van der Waals surface area contributed by atoms with Crippen molar-refractivity contribution in [3.8, 4) is 11.5 Å². The second kappa shape index (κ2) is 9.00. The molecule has 2 aromatic carbocycles. The van der Waals surface area contributed by atoms with Gasteiger partial charge < -0.3 is 24.4 Å². The summed E-state index contributed by atoms with van der Waals surface area (Å²) in [5.41, 5.74) is 2.56. The molecule has 3 aliphatic rings. The summed E-state index contributed by atoms with van der Waals surface area (Å²) >= 11 is 0. The molecule has 178 valence electrons. The van der Waals surface area contributed by atoms with Crippen LogP contribution in [0.25, 0.3) is 0 Å². The van der Waals surface area contributed by atoms with E-state index >= 15 is 0 Å². The number of nitrogens with zero attached hydrogens (tertiary/aromatic N) is 1. The molecule has 0 spiro atoms. The number of nitrogens with one attached hydrogen (secondary N) is 1. The number of hydrogen-bond acceptors (Lipinski definition) is 6. The number of esters is 1. The van der Waals surface area contributed by atoms with Gasteiger partial charge in [0.25, 0.3) is 5.91 Å². The van der Waals surface area contributed by atoms with Crippen LogP contribution in [0, 0.1) is 0 Å². The van der Waals surface area contributed by atoms with Crippen molar-refractivity contribution in [3.63, 3.8) is 0 Å². The third-order valence-electron chi connectivity index (χ3n) is 6.92. The molecule has 0 bridgehead atoms. The number of hydrogen-bond donors (Lipinski definition) is 1. The van der Waals surface area contributed by atoms with Gasteiger partial charge in [-0.3, -0.25) is 14.4 Å². The van der Waals surface area contributed by atoms with E-state index < -0.39 is 11.3 Å². The van der Waals surface area contributed by atoms with E-state index in [0.717, 1.165) is 36.1 Å². The van der Waals surface area contributed by atoms with Crippen molar-refractivity contribution >= 4 is 29.2 Å². The van der Waals surface area contributed by atoms with Crippen LogP contribution in [0.5, 0.6) is 11.5 Å². The smallest absolute Gasteiger partial charge is 0.317 e. The van der Waals surface area contributed by atoms with Gasteiger partial charge in [0.15, 0.2) is 18.1 Å². The first kappa shape index (κ1) is 22.3. The Hall–Kier alpha value is -3.55. The van der Waals surface area contributed by atoms with Crippen molar-refractivity contribution in [2.45, 2.75) is 44.4 Å². The molecule has 5 rings (SSSR count). The Bertz CT molecular complexity index is 1140. The number of amides is 2. The number of carbonyl (C=O) groups is 3. The number of fused-ring (bicyclic) bond motifs is 2. The van der Waals surface area contributed by atoms with Crippen LogP contribution in [0.15, 0.2) is 36.4 Å². The lowest BCUT2D eigenvalue weighted by atomic mass is 9.78. The highest BCUT2D eigenvalue weighted by Gasteiger charge is 2.45. The molecule has 34 heavy (non-hydrogen) atoms. The Kier molecular flexibility index (Phi) is 5.89. The number of anilines is 2. The number of carbonyl (C=O) groups excluding carboxylic acids is 3. The van der Waals surface area contributed by atoms with E-state index in [9.17, 15) is 14.4 Å². The van der Waals surface area contributed by atoms with Crippen LogP contribution < -0.4 is 19.7 Å². The lowest BCUT2D eigenvalue weighted by Crippen LogP contribution is -2.36. The van der Waals surface area contributed by atoms with Crippen LogP contribution in [-0.4, -0.2) is 44.1 Å². The van der Waals surface area contributed by atoms with Gasteiger partial charge in [0.05, 0.1) is 5.41 Å². The first-order valence-corrected chi connectivity index (χ1v) is 11.7. The van der Waals surface area contributed by atoms with E-state index in [-0.39, 0.29) is 18.5 Å². The van der Waals surface area contributed by atoms with E-state index in [1.807, 2.05) is 30.3 Å². The van der Waals surface area contributed by atoms with E-state index in [2.05, 4.69) is 5.32 Å². The molecule has 2 amide bonds. The van der Waals surface area contributed by atoms with Gasteiger partial charge in [-0.1, -0.05) is 18.9 Å². The zero-order valence-electron chi connectivity index (χ0n) is 19.2. The molecular weight excluding hydrogens is 436 g/mol. The van der Waals surface area contributed by atoms with E-state index in [1.165, 1.54) is 0 Å². The third-order valence-corrected chi connectivity index (χ3v) is 6.92. The van der Waals surface area contributed by atoms with E-state index in [1.54, 1.807) is 17.9 Å². The lowest BCUT2D eigenvalue weighted by molar-refractivity contribution is -0.153. The zero-order chi connectivity index (χ0) is 23.7. The fourth-order valence-electron chi connectivity index (χ4n) is 5.20. The van der Waals surface area contributed by atoms with E-state index in [4.69, 9.17) is 14.2 Å². The fraction of sp³-hybridized carbons (Fsp3) is 0.423. The molecule has 1 saturated carbocycles. The fourth-order valence-corrected chi connectivity index (χ4v) is 5.20. The van der Waals surface area contributed by atoms with Gasteiger partial charge in [-0.2, -0.15) is 0 Å². The summed E-state index contributed by atoms with van der Waals surface area (Å²) in [6, 6.07) is 11.1. The maximum atomic E-state index is 13.2. The van der Waals surface area contributed by atoms with Crippen LogP contribution >= 0.6 is 0 Å². The monoisotopic (exact) mass is 464 g/mol. The lowest BCUT2D eigenvalue weighted by Gasteiger charge is -2.28. The Morgan fingerprint density at radius 3 is 2.56 bits per heavy atom. The van der Waals surface area contributed by atoms with Crippen LogP contribution in [0.4, 0.5) is 11.4 Å². The Balaban J connectivity index is 1.24. The number of ether oxygens (including phenoxy) is 3. The molecule has 2 heterocycles. The second-order valence-electron chi connectivity index (χ2n) is 9.04. The zero-order valence-corrected chi connectivity index (χ0v) is 19.2. The Morgan fingerprint density at radius 2 is 1.79 bits per heavy atom. The normalized spacial score (nSPS) is 17.7. The standard InChI is InChI=1S/C26H28N2O6/c1-17(29)28-11-8-18-14-20(5-6-21(18)28)27-24(30)16-34-25(31)26(9-2-3-10-26)19-4-7-22-23(15-19)33-13-12-32-22/h4-7,14-15H,2-3,8-13,16H2,1H3,(H,27,30). The van der Waals surface area contributed by atoms with Gasteiger partial charge in [0.2, 0.25) is 5.91 Å². The predicted molar refractivity (Wildman–Crippen MR) is 125 cm³/mol. The minimum atomic E-state index is -0.778. The van der Waals surface area contributed by atoms with Gasteiger partial charge in [0.1, 0.15) is 13.2 Å². The summed E-state index contributed by atoms with van der Waals surface area (Å²) in [6.07, 6.45) is 3.92. The quantitative estimate of drug-likeness (QED) is 0.682. The van der Waals surface area contributed by atoms with Crippen molar-refractivity contribution in [2.75, 3.05) is 36.6 Å². The minimum Gasteiger partial charge on any atom is -0.486 e. The molecule has 2 aromatic rings. The van der Waals surface area contributed by atoms with Gasteiger partial charge in [-0.15, -0.1) is 0 Å². The third kappa shape index (κ3) is 4.08. The molecule has 1 fully saturated rings. The van der Waals surface area contributed by atoms with Crippen molar-refractivity contribution in [2.24, 2.45) is 0 Å². The molecule has 1 N–H and O–H groups in total. The van der Waals surface area contributed by atoms with Crippen molar-refractivity contribution in [1.29, 1.82) is 0 Å². The average molecular weight is 465 g/mol. The van der Waals surface area contributed by atoms with Crippen molar-refractivity contribution < 1.29 is 28.6 Å². The average Bonchev–Trinajstić information content (AvgIpc) is 3.50. The summed E-state index contributed by atoms with van der Waals surface area (Å²) in [6.45, 7) is 2.81. The van der Waals surface area contributed by atoms with Crippen molar-refractivity contribution in [3.05, 3.63) is 47.5 Å². The highest BCUT2D eigenvalue weighted by molar-refractivity contribution is 5.96. The van der Waals surface area contributed by atoms with Crippen LogP contribution in [-0.2, 0) is 31.0 Å². The summed E-state index contributed by atoms with van der Waals surface area (Å²) in [5.74, 6) is 0.534. The molecule has 1 aliphatic carbocycles. The van der Waals surface area contributed by atoms with Gasteiger partial charge in [-0.05, 0) is 60.7 Å². The van der Waals surface area contributed by atoms with Gasteiger partial charge in [0, 0.05) is 24.8 Å². The maximum Gasteiger partial charge on any atom is 0.317 e. The summed E-state index contributed by atoms with van der Waals surface area (Å²) in [4.78, 5) is 39.2. The van der Waals surface area contributed by atoms with Gasteiger partial charge in [-0.25, -0.2) is 0 Å². The van der Waals surface area contributed by atoms with Crippen LogP contribution in [0.3, 0.4) is 0 Å². The summed E-state index contributed by atoms with van der Waals surface area (Å²) in [7, 11) is 0. The molecule has 2 aliphatic heterocycles. The Morgan fingerprint density at radius 1 is 1.03 bits per heavy atom. The highest BCUT2D eigenvalue weighted by Crippen LogP contribution is 2.45. The first-order chi connectivity index (χ1) is 16.5. The SMILES string of the molecule is CC(=O)N1CCc2cc(NC(=O)COC(=O)C3(c4ccc5c(c4)OCCO5)CCCC3)ccc21. The maximum absolute atomic E-state index is 13.2. The predicted octanol–water partition coefficient (Wildman–Crippen LogP) is 3.36. The topological polar surface area (TPSA) is 94.2 Å². The second-order valence-corrected chi connectivity index (χ2v) is 9.04. The molecular formula is C26H28N2O6. The number of rotatable bonds is 5. The summed E-state index contributed by atoms with van der Waals surface area (Å²) in [5, 5.41) is 2.80.